The van der Waals surface area contributed by atoms with E-state index in [1.165, 1.54) is 0 Å². The largest absolute Gasteiger partial charge is 0.235 e. The van der Waals surface area contributed by atoms with E-state index in [2.05, 4.69) is 30.1 Å². The zero-order chi connectivity index (χ0) is 15.7. The normalized spacial score (nSPS) is 12.6. The minimum Gasteiger partial charge on any atom is -0.216 e. The van der Waals surface area contributed by atoms with Crippen LogP contribution in [0.25, 0.3) is 0 Å². The molecule has 0 spiro atoms. The molecule has 1 aromatic carbocycles. The smallest absolute Gasteiger partial charge is 0.216 e. The van der Waals surface area contributed by atoms with Crippen molar-refractivity contribution in [1.82, 2.24) is 9.36 Å². The highest BCUT2D eigenvalue weighted by Gasteiger charge is 2.23. The molecular formula is C15H20N2O2S2. The fraction of sp³-hybridized carbons (Fsp3) is 0.467. The van der Waals surface area contributed by atoms with Crippen molar-refractivity contribution in [2.45, 2.75) is 49.8 Å². The van der Waals surface area contributed by atoms with Crippen LogP contribution in [-0.2, 0) is 16.3 Å². The van der Waals surface area contributed by atoms with Crippen LogP contribution in [0.5, 0.6) is 0 Å². The van der Waals surface area contributed by atoms with E-state index in [-0.39, 0.29) is 14.7 Å². The monoisotopic (exact) mass is 324 g/mol. The van der Waals surface area contributed by atoms with Gasteiger partial charge in [-0.2, -0.15) is 4.37 Å². The van der Waals surface area contributed by atoms with E-state index in [0.29, 0.717) is 12.2 Å². The van der Waals surface area contributed by atoms with Crippen LogP contribution in [0.1, 0.15) is 38.6 Å². The summed E-state index contributed by atoms with van der Waals surface area (Å²) >= 11 is 0.957. The lowest BCUT2D eigenvalue weighted by Gasteiger charge is -2.16. The maximum Gasteiger partial charge on any atom is 0.235 e. The molecule has 0 aliphatic heterocycles. The average molecular weight is 324 g/mol. The van der Waals surface area contributed by atoms with Gasteiger partial charge in [-0.25, -0.2) is 13.4 Å². The molecule has 0 saturated heterocycles. The van der Waals surface area contributed by atoms with E-state index < -0.39 is 9.84 Å². The summed E-state index contributed by atoms with van der Waals surface area (Å²) in [6.45, 7) is 8.35. The van der Waals surface area contributed by atoms with Crippen LogP contribution >= 0.6 is 11.5 Å². The van der Waals surface area contributed by atoms with Crippen molar-refractivity contribution in [1.29, 1.82) is 0 Å². The SMILES string of the molecule is Cc1ccc(S(=O)(=O)c2nc(CCC(C)(C)C)ns2)cc1. The number of nitrogens with zero attached hydrogens (tertiary/aromatic N) is 2. The van der Waals surface area contributed by atoms with Crippen molar-refractivity contribution in [2.75, 3.05) is 0 Å². The Bertz CT molecular complexity index is 711. The second kappa shape index (κ2) is 5.85. The molecule has 0 saturated carbocycles. The van der Waals surface area contributed by atoms with Crippen molar-refractivity contribution < 1.29 is 8.42 Å². The molecule has 1 aromatic heterocycles. The number of aryl methyl sites for hydroxylation is 2. The molecule has 114 valence electrons. The molecule has 0 unspecified atom stereocenters. The van der Waals surface area contributed by atoms with E-state index in [4.69, 9.17) is 0 Å². The van der Waals surface area contributed by atoms with Gasteiger partial charge in [-0.05, 0) is 42.4 Å². The molecule has 4 nitrogen and oxygen atoms in total. The summed E-state index contributed by atoms with van der Waals surface area (Å²) in [6.07, 6.45) is 1.62. The second-order valence-electron chi connectivity index (χ2n) is 6.35. The fourth-order valence-corrected chi connectivity index (χ4v) is 3.93. The molecule has 2 aromatic rings. The van der Waals surface area contributed by atoms with E-state index in [9.17, 15) is 8.42 Å². The Hall–Kier alpha value is -1.27. The van der Waals surface area contributed by atoms with Crippen LogP contribution < -0.4 is 0 Å². The van der Waals surface area contributed by atoms with Gasteiger partial charge >= 0.3 is 0 Å². The first-order chi connectivity index (χ1) is 9.68. The Morgan fingerprint density at radius 1 is 1.14 bits per heavy atom. The topological polar surface area (TPSA) is 59.9 Å². The summed E-state index contributed by atoms with van der Waals surface area (Å²) < 4.78 is 29.2. The van der Waals surface area contributed by atoms with Crippen molar-refractivity contribution in [3.05, 3.63) is 35.7 Å². The van der Waals surface area contributed by atoms with Crippen molar-refractivity contribution in [3.63, 3.8) is 0 Å². The van der Waals surface area contributed by atoms with Gasteiger partial charge in [-0.3, -0.25) is 0 Å². The van der Waals surface area contributed by atoms with Crippen LogP contribution in [0.3, 0.4) is 0 Å². The lowest BCUT2D eigenvalue weighted by atomic mass is 9.90. The Kier molecular flexibility index (Phi) is 4.49. The molecule has 0 aliphatic rings. The number of rotatable bonds is 4. The summed E-state index contributed by atoms with van der Waals surface area (Å²) in [6, 6.07) is 6.80. The van der Waals surface area contributed by atoms with Gasteiger partial charge < -0.3 is 0 Å². The highest BCUT2D eigenvalue weighted by molar-refractivity contribution is 7.93. The van der Waals surface area contributed by atoms with E-state index in [0.717, 1.165) is 23.5 Å². The van der Waals surface area contributed by atoms with E-state index >= 15 is 0 Å². The average Bonchev–Trinajstić information content (AvgIpc) is 2.85. The number of sulfone groups is 1. The van der Waals surface area contributed by atoms with Gasteiger partial charge in [0.2, 0.25) is 14.2 Å². The van der Waals surface area contributed by atoms with Gasteiger partial charge in [0.1, 0.15) is 5.82 Å². The van der Waals surface area contributed by atoms with E-state index in [1.54, 1.807) is 24.3 Å². The van der Waals surface area contributed by atoms with Gasteiger partial charge in [-0.1, -0.05) is 38.5 Å². The third-order valence-corrected chi connectivity index (χ3v) is 5.98. The molecule has 0 bridgehead atoms. The van der Waals surface area contributed by atoms with Crippen molar-refractivity contribution >= 4 is 21.4 Å². The van der Waals surface area contributed by atoms with Gasteiger partial charge in [-0.15, -0.1) is 0 Å². The predicted octanol–water partition coefficient (Wildman–Crippen LogP) is 3.66. The number of hydrogen-bond donors (Lipinski definition) is 0. The first kappa shape index (κ1) is 16.1. The third-order valence-electron chi connectivity index (χ3n) is 3.11. The minimum absolute atomic E-state index is 0.0789. The zero-order valence-electron chi connectivity index (χ0n) is 12.8. The lowest BCUT2D eigenvalue weighted by Crippen LogP contribution is -2.07. The standard InChI is InChI=1S/C15H20N2O2S2/c1-11-5-7-12(8-6-11)21(18,19)14-16-13(17-20-14)9-10-15(2,3)4/h5-8H,9-10H2,1-4H3. The third kappa shape index (κ3) is 4.11. The molecule has 21 heavy (non-hydrogen) atoms. The van der Waals surface area contributed by atoms with Gasteiger partial charge in [0.25, 0.3) is 0 Å². The summed E-state index contributed by atoms with van der Waals surface area (Å²) in [7, 11) is -3.54. The summed E-state index contributed by atoms with van der Waals surface area (Å²) in [4.78, 5) is 4.47. The van der Waals surface area contributed by atoms with Gasteiger partial charge in [0.05, 0.1) is 4.90 Å². The van der Waals surface area contributed by atoms with Crippen LogP contribution in [0.15, 0.2) is 33.5 Å². The predicted molar refractivity (Wildman–Crippen MR) is 84.3 cm³/mol. The highest BCUT2D eigenvalue weighted by Crippen LogP contribution is 2.25. The molecule has 0 amide bonds. The minimum atomic E-state index is -3.54. The second-order valence-corrected chi connectivity index (χ2v) is 9.23. The number of benzene rings is 1. The fourth-order valence-electron chi connectivity index (χ4n) is 1.75. The summed E-state index contributed by atoms with van der Waals surface area (Å²) in [5.74, 6) is 0.612. The molecule has 1 heterocycles. The maximum atomic E-state index is 12.5. The van der Waals surface area contributed by atoms with Crippen LogP contribution in [0.4, 0.5) is 0 Å². The molecule has 0 radical (unpaired) electrons. The lowest BCUT2D eigenvalue weighted by molar-refractivity contribution is 0.375. The summed E-state index contributed by atoms with van der Waals surface area (Å²) in [5, 5.41) is 0. The van der Waals surface area contributed by atoms with Crippen LogP contribution in [0, 0.1) is 12.3 Å². The van der Waals surface area contributed by atoms with Crippen molar-refractivity contribution in [3.8, 4) is 0 Å². The molecule has 0 N–H and O–H groups in total. The van der Waals surface area contributed by atoms with E-state index in [1.807, 2.05) is 6.92 Å². The Morgan fingerprint density at radius 2 is 1.76 bits per heavy atom. The van der Waals surface area contributed by atoms with Gasteiger partial charge in [0, 0.05) is 6.42 Å². The first-order valence-electron chi connectivity index (χ1n) is 6.83. The quantitative estimate of drug-likeness (QED) is 0.861. The molecule has 2 rings (SSSR count). The molecule has 0 aliphatic carbocycles. The molecule has 0 atom stereocenters. The van der Waals surface area contributed by atoms with Crippen LogP contribution in [-0.4, -0.2) is 17.8 Å². The Labute approximate surface area is 130 Å². The molecular weight excluding hydrogens is 304 g/mol. The maximum absolute atomic E-state index is 12.5. The summed E-state index contributed by atoms with van der Waals surface area (Å²) in [5.41, 5.74) is 1.21. The molecule has 0 fully saturated rings. The Morgan fingerprint density at radius 3 is 2.33 bits per heavy atom. The highest BCUT2D eigenvalue weighted by atomic mass is 32.2. The first-order valence-corrected chi connectivity index (χ1v) is 9.08. The number of aromatic nitrogens is 2. The van der Waals surface area contributed by atoms with Gasteiger partial charge in [0.15, 0.2) is 0 Å². The Balaban J connectivity index is 2.22. The van der Waals surface area contributed by atoms with Crippen LogP contribution in [0.2, 0.25) is 0 Å². The molecule has 6 heteroatoms. The number of hydrogen-bond acceptors (Lipinski definition) is 5. The zero-order valence-corrected chi connectivity index (χ0v) is 14.4. The van der Waals surface area contributed by atoms with Crippen molar-refractivity contribution in [2.24, 2.45) is 5.41 Å².